The van der Waals surface area contributed by atoms with Gasteiger partial charge in [0.2, 0.25) is 10.0 Å². The first-order valence-corrected chi connectivity index (χ1v) is 10.5. The molecule has 1 amide bonds. The SMILES string of the molecule is Cc1cccc(NC(=O)c2cc(S(=O)(=O)N3CCN(C)CC3)ccc2Cl)c1. The minimum atomic E-state index is -3.67. The van der Waals surface area contributed by atoms with E-state index in [1.807, 2.05) is 32.2 Å². The van der Waals surface area contributed by atoms with Crippen LogP contribution >= 0.6 is 11.6 Å². The fourth-order valence-corrected chi connectivity index (χ4v) is 4.59. The summed E-state index contributed by atoms with van der Waals surface area (Å²) in [6, 6.07) is 11.6. The molecule has 144 valence electrons. The van der Waals surface area contributed by atoms with Crippen LogP contribution in [0.15, 0.2) is 47.4 Å². The number of benzene rings is 2. The molecule has 1 aliphatic heterocycles. The van der Waals surface area contributed by atoms with Crippen molar-refractivity contribution in [2.24, 2.45) is 0 Å². The third-order valence-corrected chi connectivity index (χ3v) is 6.78. The van der Waals surface area contributed by atoms with Crippen LogP contribution < -0.4 is 5.32 Å². The molecule has 6 nitrogen and oxygen atoms in total. The van der Waals surface area contributed by atoms with Crippen LogP contribution in [-0.4, -0.2) is 56.8 Å². The van der Waals surface area contributed by atoms with Gasteiger partial charge in [0.1, 0.15) is 0 Å². The van der Waals surface area contributed by atoms with E-state index >= 15 is 0 Å². The molecule has 0 radical (unpaired) electrons. The summed E-state index contributed by atoms with van der Waals surface area (Å²) in [4.78, 5) is 14.8. The Morgan fingerprint density at radius 3 is 2.44 bits per heavy atom. The van der Waals surface area contributed by atoms with Gasteiger partial charge >= 0.3 is 0 Å². The number of likely N-dealkylation sites (N-methyl/N-ethyl adjacent to an activating group) is 1. The molecule has 8 heteroatoms. The van der Waals surface area contributed by atoms with E-state index in [1.165, 1.54) is 22.5 Å². The van der Waals surface area contributed by atoms with Crippen molar-refractivity contribution in [3.63, 3.8) is 0 Å². The summed E-state index contributed by atoms with van der Waals surface area (Å²) < 4.78 is 27.3. The minimum Gasteiger partial charge on any atom is -0.322 e. The van der Waals surface area contributed by atoms with Gasteiger partial charge in [-0.2, -0.15) is 4.31 Å². The molecular formula is C19H22ClN3O3S. The van der Waals surface area contributed by atoms with Gasteiger partial charge in [-0.3, -0.25) is 4.79 Å². The fourth-order valence-electron chi connectivity index (χ4n) is 2.94. The molecule has 1 N–H and O–H groups in total. The smallest absolute Gasteiger partial charge is 0.257 e. The lowest BCUT2D eigenvalue weighted by molar-refractivity contribution is 0.102. The molecule has 0 saturated carbocycles. The quantitative estimate of drug-likeness (QED) is 0.846. The molecule has 2 aromatic rings. The number of hydrogen-bond donors (Lipinski definition) is 1. The second-order valence-electron chi connectivity index (χ2n) is 6.67. The summed E-state index contributed by atoms with van der Waals surface area (Å²) in [7, 11) is -1.71. The summed E-state index contributed by atoms with van der Waals surface area (Å²) in [5.41, 5.74) is 1.77. The Bertz CT molecular complexity index is 954. The first-order valence-electron chi connectivity index (χ1n) is 8.63. The molecule has 0 spiro atoms. The summed E-state index contributed by atoms with van der Waals surface area (Å²) in [6.07, 6.45) is 0. The van der Waals surface area contributed by atoms with Crippen molar-refractivity contribution in [1.82, 2.24) is 9.21 Å². The molecule has 0 aromatic heterocycles. The molecule has 1 saturated heterocycles. The van der Waals surface area contributed by atoms with Gasteiger partial charge in [-0.25, -0.2) is 8.42 Å². The Morgan fingerprint density at radius 2 is 1.78 bits per heavy atom. The molecule has 1 aliphatic rings. The second-order valence-corrected chi connectivity index (χ2v) is 9.02. The number of anilines is 1. The van der Waals surface area contributed by atoms with Crippen LogP contribution in [0.5, 0.6) is 0 Å². The molecule has 0 unspecified atom stereocenters. The van der Waals surface area contributed by atoms with Crippen molar-refractivity contribution >= 4 is 33.2 Å². The number of halogens is 1. The van der Waals surface area contributed by atoms with Crippen LogP contribution in [0.2, 0.25) is 5.02 Å². The summed E-state index contributed by atoms with van der Waals surface area (Å²) in [5.74, 6) is -0.443. The Balaban J connectivity index is 1.86. The lowest BCUT2D eigenvalue weighted by atomic mass is 10.2. The largest absolute Gasteiger partial charge is 0.322 e. The monoisotopic (exact) mass is 407 g/mol. The predicted molar refractivity (Wildman–Crippen MR) is 107 cm³/mol. The third-order valence-electron chi connectivity index (χ3n) is 4.56. The summed E-state index contributed by atoms with van der Waals surface area (Å²) in [5, 5.41) is 2.97. The average Bonchev–Trinajstić information content (AvgIpc) is 2.62. The normalized spacial score (nSPS) is 16.3. The lowest BCUT2D eigenvalue weighted by Crippen LogP contribution is -2.47. The van der Waals surface area contributed by atoms with Crippen molar-refractivity contribution in [3.8, 4) is 0 Å². The lowest BCUT2D eigenvalue weighted by Gasteiger charge is -2.31. The zero-order valence-electron chi connectivity index (χ0n) is 15.3. The average molecular weight is 408 g/mol. The molecule has 1 fully saturated rings. The molecule has 0 atom stereocenters. The van der Waals surface area contributed by atoms with E-state index < -0.39 is 15.9 Å². The van der Waals surface area contributed by atoms with Gasteiger partial charge in [-0.05, 0) is 49.9 Å². The number of carbonyl (C=O) groups excluding carboxylic acids is 1. The van der Waals surface area contributed by atoms with Gasteiger partial charge < -0.3 is 10.2 Å². The highest BCUT2D eigenvalue weighted by Crippen LogP contribution is 2.25. The van der Waals surface area contributed by atoms with Crippen molar-refractivity contribution in [2.75, 3.05) is 38.5 Å². The van der Waals surface area contributed by atoms with E-state index in [0.29, 0.717) is 31.9 Å². The van der Waals surface area contributed by atoms with Gasteiger partial charge in [-0.1, -0.05) is 23.7 Å². The number of aryl methyl sites for hydroxylation is 1. The first kappa shape index (κ1) is 19.8. The molecule has 0 bridgehead atoms. The van der Waals surface area contributed by atoms with Gasteiger partial charge in [-0.15, -0.1) is 0 Å². The Hall–Kier alpha value is -1.93. The van der Waals surface area contributed by atoms with Gasteiger partial charge in [0.25, 0.3) is 5.91 Å². The topological polar surface area (TPSA) is 69.7 Å². The standard InChI is InChI=1S/C19H22ClN3O3S/c1-14-4-3-5-15(12-14)21-19(24)17-13-16(6-7-18(17)20)27(25,26)23-10-8-22(2)9-11-23/h3-7,12-13H,8-11H2,1-2H3,(H,21,24). The highest BCUT2D eigenvalue weighted by molar-refractivity contribution is 7.89. The molecule has 27 heavy (non-hydrogen) atoms. The number of nitrogens with one attached hydrogen (secondary N) is 1. The van der Waals surface area contributed by atoms with Crippen molar-refractivity contribution in [2.45, 2.75) is 11.8 Å². The third kappa shape index (κ3) is 4.50. The van der Waals surface area contributed by atoms with Gasteiger partial charge in [0.05, 0.1) is 15.5 Å². The number of sulfonamides is 1. The summed E-state index contributed by atoms with van der Waals surface area (Å²) >= 11 is 6.17. The Labute approximate surface area is 164 Å². The maximum Gasteiger partial charge on any atom is 0.257 e. The molecule has 1 heterocycles. The Kier molecular flexibility index (Phi) is 5.86. The van der Waals surface area contributed by atoms with Gasteiger partial charge in [0, 0.05) is 31.9 Å². The molecule has 0 aliphatic carbocycles. The first-order chi connectivity index (χ1) is 12.8. The van der Waals surface area contributed by atoms with Crippen LogP contribution in [0.1, 0.15) is 15.9 Å². The fraction of sp³-hybridized carbons (Fsp3) is 0.316. The van der Waals surface area contributed by atoms with E-state index in [9.17, 15) is 13.2 Å². The minimum absolute atomic E-state index is 0.0749. The van der Waals surface area contributed by atoms with E-state index in [2.05, 4.69) is 10.2 Å². The van der Waals surface area contributed by atoms with Crippen LogP contribution in [-0.2, 0) is 10.0 Å². The van der Waals surface area contributed by atoms with Crippen LogP contribution in [0.4, 0.5) is 5.69 Å². The number of nitrogens with zero attached hydrogens (tertiary/aromatic N) is 2. The number of amides is 1. The second kappa shape index (κ2) is 7.98. The number of rotatable bonds is 4. The van der Waals surface area contributed by atoms with Crippen LogP contribution in [0.25, 0.3) is 0 Å². The zero-order chi connectivity index (χ0) is 19.6. The maximum absolute atomic E-state index is 12.9. The van der Waals surface area contributed by atoms with Crippen molar-refractivity contribution in [1.29, 1.82) is 0 Å². The van der Waals surface area contributed by atoms with Crippen molar-refractivity contribution < 1.29 is 13.2 Å². The predicted octanol–water partition coefficient (Wildman–Crippen LogP) is 2.84. The van der Waals surface area contributed by atoms with E-state index in [-0.39, 0.29) is 15.5 Å². The van der Waals surface area contributed by atoms with Gasteiger partial charge in [0.15, 0.2) is 0 Å². The van der Waals surface area contributed by atoms with E-state index in [1.54, 1.807) is 6.07 Å². The highest BCUT2D eigenvalue weighted by atomic mass is 35.5. The Morgan fingerprint density at radius 1 is 1.07 bits per heavy atom. The van der Waals surface area contributed by atoms with Crippen LogP contribution in [0, 0.1) is 6.92 Å². The number of carbonyl (C=O) groups is 1. The van der Waals surface area contributed by atoms with E-state index in [4.69, 9.17) is 11.6 Å². The van der Waals surface area contributed by atoms with Crippen molar-refractivity contribution in [3.05, 3.63) is 58.6 Å². The number of hydrogen-bond acceptors (Lipinski definition) is 4. The summed E-state index contributed by atoms with van der Waals surface area (Å²) in [6.45, 7) is 4.12. The van der Waals surface area contributed by atoms with Crippen LogP contribution in [0.3, 0.4) is 0 Å². The number of piperazine rings is 1. The maximum atomic E-state index is 12.9. The highest BCUT2D eigenvalue weighted by Gasteiger charge is 2.28. The molecule has 2 aromatic carbocycles. The van der Waals surface area contributed by atoms with E-state index in [0.717, 1.165) is 5.56 Å². The zero-order valence-corrected chi connectivity index (χ0v) is 16.8. The molecule has 3 rings (SSSR count). The molecular weight excluding hydrogens is 386 g/mol.